The van der Waals surface area contributed by atoms with Gasteiger partial charge in [-0.2, -0.15) is 13.9 Å². The minimum absolute atomic E-state index is 0.0214. The largest absolute Gasteiger partial charge is 0.481 e. The van der Waals surface area contributed by atoms with Gasteiger partial charge in [-0.25, -0.2) is 4.98 Å². The Hall–Kier alpha value is -3.75. The highest BCUT2D eigenvalue weighted by Crippen LogP contribution is 2.42. The van der Waals surface area contributed by atoms with Crippen LogP contribution < -0.4 is 15.0 Å². The molecule has 4 aromatic rings. The van der Waals surface area contributed by atoms with Crippen molar-refractivity contribution in [2.24, 2.45) is 0 Å². The van der Waals surface area contributed by atoms with Crippen LogP contribution in [0.15, 0.2) is 53.5 Å². The third-order valence-electron chi connectivity index (χ3n) is 5.29. The molecule has 1 fully saturated rings. The third kappa shape index (κ3) is 3.52. The number of aromatic nitrogens is 4. The Morgan fingerprint density at radius 2 is 1.94 bits per heavy atom. The van der Waals surface area contributed by atoms with Crippen LogP contribution in [0.4, 0.5) is 8.78 Å². The molecule has 0 unspecified atom stereocenters. The second-order valence-corrected chi connectivity index (χ2v) is 7.31. The van der Waals surface area contributed by atoms with Crippen LogP contribution >= 0.6 is 0 Å². The van der Waals surface area contributed by atoms with E-state index in [1.165, 1.54) is 19.2 Å². The zero-order valence-electron chi connectivity index (χ0n) is 16.5. The monoisotopic (exact) mass is 424 g/mol. The fourth-order valence-corrected chi connectivity index (χ4v) is 3.67. The molecule has 0 amide bonds. The molecule has 0 atom stereocenters. The first-order valence-electron chi connectivity index (χ1n) is 9.75. The van der Waals surface area contributed by atoms with Crippen LogP contribution in [0.5, 0.6) is 11.6 Å². The van der Waals surface area contributed by atoms with Crippen LogP contribution in [0.1, 0.15) is 24.5 Å². The molecule has 0 spiro atoms. The smallest absolute Gasteiger partial charge is 0.387 e. The van der Waals surface area contributed by atoms with Crippen molar-refractivity contribution in [2.45, 2.75) is 25.4 Å². The Morgan fingerprint density at radius 1 is 1.16 bits per heavy atom. The fraction of sp³-hybridized carbons (Fsp3) is 0.227. The summed E-state index contributed by atoms with van der Waals surface area (Å²) in [4.78, 5) is 17.8. The molecule has 1 aliphatic carbocycles. The number of pyridine rings is 2. The molecule has 1 aliphatic rings. The summed E-state index contributed by atoms with van der Waals surface area (Å²) in [5.74, 6) is 0.786. The average Bonchev–Trinajstić information content (AvgIpc) is 3.53. The fourth-order valence-electron chi connectivity index (χ4n) is 3.67. The van der Waals surface area contributed by atoms with Crippen molar-refractivity contribution in [2.75, 3.05) is 7.11 Å². The van der Waals surface area contributed by atoms with E-state index in [2.05, 4.69) is 19.9 Å². The highest BCUT2D eigenvalue weighted by Gasteiger charge is 2.30. The number of rotatable bonds is 6. The van der Waals surface area contributed by atoms with E-state index in [-0.39, 0.29) is 11.3 Å². The van der Waals surface area contributed by atoms with Gasteiger partial charge in [0.2, 0.25) is 5.88 Å². The van der Waals surface area contributed by atoms with Crippen LogP contribution in [0, 0.1) is 0 Å². The van der Waals surface area contributed by atoms with Crippen molar-refractivity contribution < 1.29 is 18.3 Å². The number of fused-ring (bicyclic) bond motifs is 1. The van der Waals surface area contributed by atoms with Crippen molar-refractivity contribution in [3.8, 4) is 28.4 Å². The Morgan fingerprint density at radius 3 is 2.55 bits per heavy atom. The van der Waals surface area contributed by atoms with Crippen LogP contribution in [-0.4, -0.2) is 33.5 Å². The summed E-state index contributed by atoms with van der Waals surface area (Å²) in [6.07, 6.45) is 3.62. The van der Waals surface area contributed by atoms with E-state index < -0.39 is 6.61 Å². The van der Waals surface area contributed by atoms with Gasteiger partial charge in [-0.15, -0.1) is 0 Å². The topological polar surface area (TPSA) is 82.0 Å². The molecule has 1 N–H and O–H groups in total. The molecule has 0 saturated heterocycles. The molecular formula is C22H18F2N4O3. The molecular weight excluding hydrogens is 406 g/mol. The Labute approximate surface area is 175 Å². The predicted octanol–water partition coefficient (Wildman–Crippen LogP) is 4.26. The lowest BCUT2D eigenvalue weighted by Gasteiger charge is -2.13. The number of aromatic amines is 1. The highest BCUT2D eigenvalue weighted by molar-refractivity contribution is 5.85. The number of nitrogens with one attached hydrogen (secondary N) is 1. The average molecular weight is 424 g/mol. The Balaban J connectivity index is 1.71. The van der Waals surface area contributed by atoms with Gasteiger partial charge in [0, 0.05) is 29.4 Å². The Bertz CT molecular complexity index is 1290. The summed E-state index contributed by atoms with van der Waals surface area (Å²) in [6, 6.07) is 11.2. The quantitative estimate of drug-likeness (QED) is 0.500. The zero-order valence-corrected chi connectivity index (χ0v) is 16.5. The number of benzene rings is 1. The molecule has 7 nitrogen and oxygen atoms in total. The second-order valence-electron chi connectivity index (χ2n) is 7.31. The second kappa shape index (κ2) is 7.50. The summed E-state index contributed by atoms with van der Waals surface area (Å²) in [5, 5.41) is 7.51. The highest BCUT2D eigenvalue weighted by atomic mass is 19.3. The maximum Gasteiger partial charge on any atom is 0.387 e. The van der Waals surface area contributed by atoms with Gasteiger partial charge < -0.3 is 9.47 Å². The normalized spacial score (nSPS) is 13.7. The van der Waals surface area contributed by atoms with E-state index in [0.29, 0.717) is 39.6 Å². The lowest BCUT2D eigenvalue weighted by molar-refractivity contribution is -0.0498. The van der Waals surface area contributed by atoms with Crippen molar-refractivity contribution in [1.29, 1.82) is 0 Å². The van der Waals surface area contributed by atoms with Crippen LogP contribution in [0.2, 0.25) is 0 Å². The van der Waals surface area contributed by atoms with E-state index in [9.17, 15) is 13.6 Å². The van der Waals surface area contributed by atoms with Gasteiger partial charge >= 0.3 is 6.61 Å². The Kier molecular flexibility index (Phi) is 4.65. The van der Waals surface area contributed by atoms with Gasteiger partial charge in [-0.1, -0.05) is 0 Å². The van der Waals surface area contributed by atoms with E-state index in [4.69, 9.17) is 4.74 Å². The standard InChI is InChI=1S/C22H18F2N4O3/c1-30-18-9-4-13(11-25-18)16-10-17-20(19(27-26-17)12-2-3-12)28(21(16)29)14-5-7-15(8-6-14)31-22(23)24/h4-12,22H,2-3H2,1H3,(H,26,27). The van der Waals surface area contributed by atoms with Gasteiger partial charge in [0.15, 0.2) is 0 Å². The van der Waals surface area contributed by atoms with Gasteiger partial charge in [0.25, 0.3) is 5.56 Å². The number of ether oxygens (including phenoxy) is 2. The molecule has 0 bridgehead atoms. The minimum Gasteiger partial charge on any atom is -0.481 e. The number of halogens is 2. The predicted molar refractivity (Wildman–Crippen MR) is 110 cm³/mol. The first-order chi connectivity index (χ1) is 15.0. The molecule has 3 aromatic heterocycles. The van der Waals surface area contributed by atoms with E-state index in [1.54, 1.807) is 41.1 Å². The maximum atomic E-state index is 13.6. The molecule has 9 heteroatoms. The lowest BCUT2D eigenvalue weighted by Crippen LogP contribution is -2.21. The number of nitrogens with zero attached hydrogens (tertiary/aromatic N) is 3. The van der Waals surface area contributed by atoms with Crippen molar-refractivity contribution in [3.05, 3.63) is 64.7 Å². The summed E-state index contributed by atoms with van der Waals surface area (Å²) in [6.45, 7) is -2.92. The molecule has 0 radical (unpaired) electrons. The molecule has 1 saturated carbocycles. The molecule has 3 heterocycles. The number of hydrogen-bond acceptors (Lipinski definition) is 5. The van der Waals surface area contributed by atoms with Crippen molar-refractivity contribution >= 4 is 11.0 Å². The molecule has 5 rings (SSSR count). The summed E-state index contributed by atoms with van der Waals surface area (Å²) in [7, 11) is 1.52. The van der Waals surface area contributed by atoms with Crippen LogP contribution in [0.25, 0.3) is 27.8 Å². The third-order valence-corrected chi connectivity index (χ3v) is 5.29. The van der Waals surface area contributed by atoms with Gasteiger partial charge in [0.05, 0.1) is 23.9 Å². The van der Waals surface area contributed by atoms with Gasteiger partial charge in [-0.3, -0.25) is 14.5 Å². The number of alkyl halides is 2. The lowest BCUT2D eigenvalue weighted by atomic mass is 10.1. The SMILES string of the molecule is COc1ccc(-c2cc3n[nH]c(C4CC4)c3n(-c3ccc(OC(F)F)cc3)c2=O)cn1. The van der Waals surface area contributed by atoms with E-state index >= 15 is 0 Å². The first kappa shape index (κ1) is 19.2. The van der Waals surface area contributed by atoms with Crippen molar-refractivity contribution in [3.63, 3.8) is 0 Å². The molecule has 1 aromatic carbocycles. The zero-order chi connectivity index (χ0) is 21.5. The van der Waals surface area contributed by atoms with Crippen molar-refractivity contribution in [1.82, 2.24) is 19.7 Å². The van der Waals surface area contributed by atoms with E-state index in [0.717, 1.165) is 18.5 Å². The van der Waals surface area contributed by atoms with Crippen LogP contribution in [-0.2, 0) is 0 Å². The van der Waals surface area contributed by atoms with Crippen LogP contribution in [0.3, 0.4) is 0 Å². The van der Waals surface area contributed by atoms with E-state index in [1.807, 2.05) is 0 Å². The molecule has 158 valence electrons. The summed E-state index contributed by atoms with van der Waals surface area (Å²) >= 11 is 0. The first-order valence-corrected chi connectivity index (χ1v) is 9.75. The summed E-state index contributed by atoms with van der Waals surface area (Å²) in [5.41, 5.74) is 3.55. The maximum absolute atomic E-state index is 13.6. The molecule has 0 aliphatic heterocycles. The molecule has 31 heavy (non-hydrogen) atoms. The van der Waals surface area contributed by atoms with Gasteiger partial charge in [-0.05, 0) is 49.2 Å². The minimum atomic E-state index is -2.92. The number of hydrogen-bond donors (Lipinski definition) is 1. The summed E-state index contributed by atoms with van der Waals surface area (Å²) < 4.78 is 36.1. The van der Waals surface area contributed by atoms with Gasteiger partial charge in [0.1, 0.15) is 11.3 Å². The number of methoxy groups -OCH3 is 1. The number of H-pyrrole nitrogens is 1.